The molecule has 12 heavy (non-hydrogen) atoms. The lowest BCUT2D eigenvalue weighted by Crippen LogP contribution is -2.40. The van der Waals surface area contributed by atoms with E-state index in [1.165, 1.54) is 0 Å². The lowest BCUT2D eigenvalue weighted by atomic mass is 10.2. The monoisotopic (exact) mass is 195 g/mol. The smallest absolute Gasteiger partial charge is 0.154 e. The van der Waals surface area contributed by atoms with Gasteiger partial charge in [0.15, 0.2) is 9.84 Å². The predicted octanol–water partition coefficient (Wildman–Crippen LogP) is -2.27. The van der Waals surface area contributed by atoms with Crippen LogP contribution < -0.4 is 5.32 Å². The first kappa shape index (κ1) is 9.91. The third-order valence-corrected chi connectivity index (χ3v) is 3.56. The highest BCUT2D eigenvalue weighted by Gasteiger charge is 2.35. The fourth-order valence-corrected chi connectivity index (χ4v) is 3.05. The molecular weight excluding hydrogens is 182 g/mol. The minimum absolute atomic E-state index is 0.0336. The minimum Gasteiger partial charge on any atom is -0.395 e. The lowest BCUT2D eigenvalue weighted by Gasteiger charge is -2.12. The maximum absolute atomic E-state index is 11.0. The molecule has 2 atom stereocenters. The van der Waals surface area contributed by atoms with E-state index in [-0.39, 0.29) is 18.1 Å². The first-order chi connectivity index (χ1) is 5.55. The number of sulfone groups is 1. The Labute approximate surface area is 71.3 Å². The van der Waals surface area contributed by atoms with Crippen molar-refractivity contribution in [2.75, 3.05) is 24.7 Å². The number of aliphatic hydroxyl groups excluding tert-OH is 2. The molecule has 0 aromatic rings. The van der Waals surface area contributed by atoms with Gasteiger partial charge in [-0.25, -0.2) is 8.42 Å². The van der Waals surface area contributed by atoms with Crippen molar-refractivity contribution in [3.05, 3.63) is 0 Å². The summed E-state index contributed by atoms with van der Waals surface area (Å²) in [7, 11) is -3.07. The fourth-order valence-electron chi connectivity index (χ4n) is 1.27. The van der Waals surface area contributed by atoms with E-state index in [4.69, 9.17) is 5.11 Å². The summed E-state index contributed by atoms with van der Waals surface area (Å²) in [6.07, 6.45) is -0.832. The Hall–Kier alpha value is -0.170. The molecule has 3 N–H and O–H groups in total. The Kier molecular flexibility index (Phi) is 3.05. The number of hydrogen-bond donors (Lipinski definition) is 3. The summed E-state index contributed by atoms with van der Waals surface area (Å²) in [5, 5.41) is 20.4. The molecular formula is C6H13NO4S. The van der Waals surface area contributed by atoms with Crippen LogP contribution in [-0.2, 0) is 9.84 Å². The summed E-state index contributed by atoms with van der Waals surface area (Å²) in [6.45, 7) is 0.264. The Bertz CT molecular complexity index is 238. The van der Waals surface area contributed by atoms with Gasteiger partial charge >= 0.3 is 0 Å². The topological polar surface area (TPSA) is 86.6 Å². The van der Waals surface area contributed by atoms with Crippen LogP contribution in [0, 0.1) is 0 Å². The highest BCUT2D eigenvalue weighted by atomic mass is 32.2. The second-order valence-corrected chi connectivity index (χ2v) is 5.08. The molecule has 0 radical (unpaired) electrons. The normalized spacial score (nSPS) is 33.8. The molecule has 0 spiro atoms. The lowest BCUT2D eigenvalue weighted by molar-refractivity contribution is 0.161. The van der Waals surface area contributed by atoms with Crippen molar-refractivity contribution in [1.29, 1.82) is 0 Å². The van der Waals surface area contributed by atoms with Crippen molar-refractivity contribution in [3.8, 4) is 0 Å². The maximum Gasteiger partial charge on any atom is 0.154 e. The van der Waals surface area contributed by atoms with E-state index in [9.17, 15) is 13.5 Å². The van der Waals surface area contributed by atoms with Gasteiger partial charge in [0.1, 0.15) is 0 Å². The molecule has 1 aliphatic rings. The Morgan fingerprint density at radius 1 is 1.42 bits per heavy atom. The van der Waals surface area contributed by atoms with Crippen molar-refractivity contribution in [2.45, 2.75) is 12.1 Å². The zero-order valence-electron chi connectivity index (χ0n) is 6.60. The van der Waals surface area contributed by atoms with Crippen LogP contribution in [0.2, 0.25) is 0 Å². The van der Waals surface area contributed by atoms with Gasteiger partial charge in [0.2, 0.25) is 0 Å². The first-order valence-electron chi connectivity index (χ1n) is 3.78. The summed E-state index contributed by atoms with van der Waals surface area (Å²) in [4.78, 5) is 0. The minimum atomic E-state index is -3.07. The van der Waals surface area contributed by atoms with E-state index in [1.54, 1.807) is 0 Å². The van der Waals surface area contributed by atoms with Crippen LogP contribution in [0.25, 0.3) is 0 Å². The van der Waals surface area contributed by atoms with Crippen LogP contribution in [0.4, 0.5) is 0 Å². The fraction of sp³-hybridized carbons (Fsp3) is 1.00. The van der Waals surface area contributed by atoms with Crippen LogP contribution in [0.5, 0.6) is 0 Å². The highest BCUT2D eigenvalue weighted by molar-refractivity contribution is 7.91. The average molecular weight is 195 g/mol. The standard InChI is InChI=1S/C6H13NO4S/c8-2-1-7-5-3-12(10,11)4-6(5)9/h5-9H,1-4H2/t5-,6-/m1/s1. The molecule has 1 rings (SSSR count). The molecule has 72 valence electrons. The molecule has 6 heteroatoms. The van der Waals surface area contributed by atoms with Crippen LogP contribution in [-0.4, -0.2) is 55.4 Å². The Balaban J connectivity index is 2.47. The number of hydrogen-bond acceptors (Lipinski definition) is 5. The third kappa shape index (κ3) is 2.41. The van der Waals surface area contributed by atoms with Crippen molar-refractivity contribution < 1.29 is 18.6 Å². The molecule has 1 aliphatic heterocycles. The van der Waals surface area contributed by atoms with Crippen molar-refractivity contribution in [2.24, 2.45) is 0 Å². The van der Waals surface area contributed by atoms with Crippen LogP contribution in [0.15, 0.2) is 0 Å². The quantitative estimate of drug-likeness (QED) is 0.472. The SMILES string of the molecule is O=S1(=O)C[C@@H](O)[C@H](NCCO)C1. The van der Waals surface area contributed by atoms with Gasteiger partial charge in [-0.3, -0.25) is 0 Å². The molecule has 5 nitrogen and oxygen atoms in total. The molecule has 1 saturated heterocycles. The summed E-state index contributed by atoms with van der Waals surface area (Å²) < 4.78 is 21.9. The van der Waals surface area contributed by atoms with Crippen molar-refractivity contribution >= 4 is 9.84 Å². The predicted molar refractivity (Wildman–Crippen MR) is 43.5 cm³/mol. The van der Waals surface area contributed by atoms with Crippen LogP contribution in [0.1, 0.15) is 0 Å². The van der Waals surface area contributed by atoms with E-state index in [2.05, 4.69) is 5.32 Å². The van der Waals surface area contributed by atoms with Gasteiger partial charge in [0.05, 0.1) is 24.2 Å². The van der Waals surface area contributed by atoms with Gasteiger partial charge in [-0.2, -0.15) is 0 Å². The van der Waals surface area contributed by atoms with E-state index in [1.807, 2.05) is 0 Å². The summed E-state index contributed by atoms with van der Waals surface area (Å²) >= 11 is 0. The Morgan fingerprint density at radius 3 is 2.50 bits per heavy atom. The number of rotatable bonds is 3. The van der Waals surface area contributed by atoms with E-state index >= 15 is 0 Å². The zero-order valence-corrected chi connectivity index (χ0v) is 7.42. The molecule has 0 unspecified atom stereocenters. The van der Waals surface area contributed by atoms with Gasteiger partial charge in [0, 0.05) is 12.6 Å². The molecule has 0 aromatic heterocycles. The van der Waals surface area contributed by atoms with Gasteiger partial charge < -0.3 is 15.5 Å². The first-order valence-corrected chi connectivity index (χ1v) is 5.60. The van der Waals surface area contributed by atoms with Gasteiger partial charge in [-0.05, 0) is 0 Å². The van der Waals surface area contributed by atoms with Crippen molar-refractivity contribution in [1.82, 2.24) is 5.32 Å². The van der Waals surface area contributed by atoms with Gasteiger partial charge in [-0.1, -0.05) is 0 Å². The summed E-state index contributed by atoms with van der Waals surface area (Å²) in [5.74, 6) is -0.204. The zero-order chi connectivity index (χ0) is 9.19. The second kappa shape index (κ2) is 3.69. The van der Waals surface area contributed by atoms with Gasteiger partial charge in [0.25, 0.3) is 0 Å². The molecule has 0 saturated carbocycles. The molecule has 1 heterocycles. The molecule has 0 amide bonds. The second-order valence-electron chi connectivity index (χ2n) is 2.93. The summed E-state index contributed by atoms with van der Waals surface area (Å²) in [5.41, 5.74) is 0. The summed E-state index contributed by atoms with van der Waals surface area (Å²) in [6, 6.07) is -0.415. The number of aliphatic hydroxyl groups is 2. The number of nitrogens with one attached hydrogen (secondary N) is 1. The largest absolute Gasteiger partial charge is 0.395 e. The highest BCUT2D eigenvalue weighted by Crippen LogP contribution is 2.11. The molecule has 0 aromatic carbocycles. The van der Waals surface area contributed by atoms with Crippen molar-refractivity contribution in [3.63, 3.8) is 0 Å². The van der Waals surface area contributed by atoms with Crippen LogP contribution in [0.3, 0.4) is 0 Å². The van der Waals surface area contributed by atoms with E-state index in [0.29, 0.717) is 6.54 Å². The third-order valence-electron chi connectivity index (χ3n) is 1.84. The Morgan fingerprint density at radius 2 is 2.08 bits per heavy atom. The molecule has 0 aliphatic carbocycles. The molecule has 1 fully saturated rings. The molecule has 0 bridgehead atoms. The van der Waals surface area contributed by atoms with E-state index in [0.717, 1.165) is 0 Å². The average Bonchev–Trinajstić information content (AvgIpc) is 2.20. The van der Waals surface area contributed by atoms with Gasteiger partial charge in [-0.15, -0.1) is 0 Å². The maximum atomic E-state index is 11.0. The van der Waals surface area contributed by atoms with E-state index < -0.39 is 22.0 Å². The van der Waals surface area contributed by atoms with Crippen LogP contribution >= 0.6 is 0 Å².